The fourth-order valence-corrected chi connectivity index (χ4v) is 4.51. The molecule has 8 heteroatoms. The van der Waals surface area contributed by atoms with Crippen LogP contribution < -0.4 is 10.5 Å². The maximum atomic E-state index is 13.4. The zero-order valence-electron chi connectivity index (χ0n) is 15.6. The van der Waals surface area contributed by atoms with Crippen molar-refractivity contribution in [3.63, 3.8) is 0 Å². The van der Waals surface area contributed by atoms with E-state index in [1.165, 1.54) is 12.1 Å². The number of aromatic amines is 1. The quantitative estimate of drug-likeness (QED) is 0.564. The lowest BCUT2D eigenvalue weighted by molar-refractivity contribution is -0.117. The number of amides is 1. The van der Waals surface area contributed by atoms with Crippen molar-refractivity contribution in [2.24, 2.45) is 5.73 Å². The van der Waals surface area contributed by atoms with Gasteiger partial charge in [0, 0.05) is 35.6 Å². The lowest BCUT2D eigenvalue weighted by atomic mass is 9.97. The first-order valence-corrected chi connectivity index (χ1v) is 10.4. The van der Waals surface area contributed by atoms with Crippen molar-refractivity contribution in [2.45, 2.75) is 31.1 Å². The number of hydrogen-bond donors (Lipinski definition) is 3. The molecule has 28 heavy (non-hydrogen) atoms. The molecule has 0 unspecified atom stereocenters. The summed E-state index contributed by atoms with van der Waals surface area (Å²) in [6.45, 7) is 3.77. The fraction of sp³-hybridized carbons (Fsp3) is 0.250. The summed E-state index contributed by atoms with van der Waals surface area (Å²) in [6.07, 6.45) is 1.71. The Kier molecular flexibility index (Phi) is 5.53. The number of benzene rings is 2. The minimum absolute atomic E-state index is 0.0506. The summed E-state index contributed by atoms with van der Waals surface area (Å²) in [5, 5.41) is 0.853. The maximum Gasteiger partial charge on any atom is 0.240 e. The number of hydrogen-bond acceptors (Lipinski definition) is 3. The third-order valence-electron chi connectivity index (χ3n) is 4.54. The first kappa shape index (κ1) is 20.0. The number of sulfonamides is 1. The van der Waals surface area contributed by atoms with Gasteiger partial charge in [-0.05, 0) is 47.4 Å². The Balaban J connectivity index is 2.02. The van der Waals surface area contributed by atoms with Gasteiger partial charge in [-0.25, -0.2) is 17.5 Å². The molecule has 1 heterocycles. The van der Waals surface area contributed by atoms with Crippen molar-refractivity contribution in [1.29, 1.82) is 0 Å². The first-order chi connectivity index (χ1) is 13.2. The van der Waals surface area contributed by atoms with E-state index in [4.69, 9.17) is 5.73 Å². The minimum atomic E-state index is -3.78. The van der Waals surface area contributed by atoms with Gasteiger partial charge in [0.1, 0.15) is 5.82 Å². The summed E-state index contributed by atoms with van der Waals surface area (Å²) in [7, 11) is -3.78. The van der Waals surface area contributed by atoms with E-state index in [1.54, 1.807) is 24.4 Å². The Morgan fingerprint density at radius 3 is 2.64 bits per heavy atom. The van der Waals surface area contributed by atoms with Crippen LogP contribution in [0.15, 0.2) is 47.5 Å². The summed E-state index contributed by atoms with van der Waals surface area (Å²) in [6, 6.07) is 9.62. The molecule has 4 N–H and O–H groups in total. The highest BCUT2D eigenvalue weighted by Gasteiger charge is 2.21. The van der Waals surface area contributed by atoms with E-state index >= 15 is 0 Å². The molecule has 0 atom stereocenters. The monoisotopic (exact) mass is 403 g/mol. The van der Waals surface area contributed by atoms with E-state index in [2.05, 4.69) is 9.71 Å². The number of halogens is 1. The van der Waals surface area contributed by atoms with Crippen LogP contribution in [0.25, 0.3) is 22.0 Å². The number of rotatable bonds is 7. The van der Waals surface area contributed by atoms with E-state index in [0.29, 0.717) is 11.1 Å². The summed E-state index contributed by atoms with van der Waals surface area (Å²) in [4.78, 5) is 14.1. The summed E-state index contributed by atoms with van der Waals surface area (Å²) >= 11 is 0. The average molecular weight is 403 g/mol. The molecule has 0 saturated heterocycles. The first-order valence-electron chi connectivity index (χ1n) is 8.88. The van der Waals surface area contributed by atoms with Gasteiger partial charge in [-0.1, -0.05) is 19.9 Å². The van der Waals surface area contributed by atoms with Crippen LogP contribution in [0.1, 0.15) is 31.7 Å². The van der Waals surface area contributed by atoms with Gasteiger partial charge in [-0.3, -0.25) is 4.79 Å². The molecule has 0 aliphatic carbocycles. The van der Waals surface area contributed by atoms with Crippen molar-refractivity contribution < 1.29 is 17.6 Å². The summed E-state index contributed by atoms with van der Waals surface area (Å²) in [5.74, 6) is -0.949. The number of carbonyl (C=O) groups is 1. The third-order valence-corrected chi connectivity index (χ3v) is 6.07. The Morgan fingerprint density at radius 2 is 1.96 bits per heavy atom. The van der Waals surface area contributed by atoms with Gasteiger partial charge in [-0.2, -0.15) is 0 Å². The number of primary amides is 1. The molecule has 0 aliphatic heterocycles. The molecule has 1 aromatic heterocycles. The number of carbonyl (C=O) groups excluding carboxylic acids is 1. The van der Waals surface area contributed by atoms with E-state index in [9.17, 15) is 17.6 Å². The average Bonchev–Trinajstić information content (AvgIpc) is 3.03. The smallest absolute Gasteiger partial charge is 0.240 e. The molecule has 0 spiro atoms. The zero-order chi connectivity index (χ0) is 20.5. The van der Waals surface area contributed by atoms with Crippen LogP contribution in [0.4, 0.5) is 4.39 Å². The lowest BCUT2D eigenvalue weighted by Gasteiger charge is -2.15. The standard InChI is InChI=1S/C20H22FN3O3S/c1-12(2)16-9-13(17-11-23-18-10-14(21)4-5-15(17)18)3-6-19(16)28(26,27)24-8-7-20(22)25/h3-6,9-12,23-24H,7-8H2,1-2H3,(H2,22,25). The van der Waals surface area contributed by atoms with E-state index in [-0.39, 0.29) is 29.6 Å². The molecule has 0 saturated carbocycles. The van der Waals surface area contributed by atoms with Gasteiger partial charge in [0.25, 0.3) is 0 Å². The van der Waals surface area contributed by atoms with Gasteiger partial charge >= 0.3 is 0 Å². The molecule has 2 aromatic carbocycles. The second-order valence-corrected chi connectivity index (χ2v) is 8.65. The Morgan fingerprint density at radius 1 is 1.21 bits per heavy atom. The molecule has 0 radical (unpaired) electrons. The highest BCUT2D eigenvalue weighted by Crippen LogP contribution is 2.33. The van der Waals surface area contributed by atoms with Gasteiger partial charge < -0.3 is 10.7 Å². The second-order valence-electron chi connectivity index (χ2n) is 6.91. The van der Waals surface area contributed by atoms with Crippen molar-refractivity contribution in [1.82, 2.24) is 9.71 Å². The molecule has 0 aliphatic rings. The van der Waals surface area contributed by atoms with Crippen LogP contribution in [0.2, 0.25) is 0 Å². The van der Waals surface area contributed by atoms with Crippen LogP contribution in [-0.4, -0.2) is 25.9 Å². The highest BCUT2D eigenvalue weighted by atomic mass is 32.2. The van der Waals surface area contributed by atoms with Crippen molar-refractivity contribution in [3.05, 3.63) is 54.0 Å². The summed E-state index contributed by atoms with van der Waals surface area (Å²) < 4.78 is 41.2. The molecular formula is C20H22FN3O3S. The normalized spacial score (nSPS) is 12.0. The Bertz CT molecular complexity index is 1140. The van der Waals surface area contributed by atoms with Gasteiger partial charge in [-0.15, -0.1) is 0 Å². The van der Waals surface area contributed by atoms with Crippen LogP contribution >= 0.6 is 0 Å². The summed E-state index contributed by atoms with van der Waals surface area (Å²) in [5.41, 5.74) is 8.09. The van der Waals surface area contributed by atoms with E-state index < -0.39 is 15.9 Å². The van der Waals surface area contributed by atoms with Crippen LogP contribution in [-0.2, 0) is 14.8 Å². The number of nitrogens with one attached hydrogen (secondary N) is 2. The van der Waals surface area contributed by atoms with Crippen molar-refractivity contribution in [2.75, 3.05) is 6.54 Å². The Labute approximate surface area is 163 Å². The van der Waals surface area contributed by atoms with E-state index in [1.807, 2.05) is 19.9 Å². The largest absolute Gasteiger partial charge is 0.370 e. The third kappa shape index (κ3) is 4.07. The molecule has 6 nitrogen and oxygen atoms in total. The van der Waals surface area contributed by atoms with Gasteiger partial charge in [0.15, 0.2) is 0 Å². The molecule has 3 aromatic rings. The number of H-pyrrole nitrogens is 1. The molecule has 1 amide bonds. The second kappa shape index (κ2) is 7.73. The number of nitrogens with two attached hydrogens (primary N) is 1. The van der Waals surface area contributed by atoms with E-state index in [0.717, 1.165) is 16.5 Å². The number of fused-ring (bicyclic) bond motifs is 1. The van der Waals surface area contributed by atoms with Crippen LogP contribution in [0.5, 0.6) is 0 Å². The molecule has 3 rings (SSSR count). The topological polar surface area (TPSA) is 105 Å². The predicted molar refractivity (Wildman–Crippen MR) is 107 cm³/mol. The maximum absolute atomic E-state index is 13.4. The zero-order valence-corrected chi connectivity index (χ0v) is 16.4. The fourth-order valence-electron chi connectivity index (χ4n) is 3.14. The Hall–Kier alpha value is -2.71. The molecule has 148 valence electrons. The van der Waals surface area contributed by atoms with Gasteiger partial charge in [0.2, 0.25) is 15.9 Å². The lowest BCUT2D eigenvalue weighted by Crippen LogP contribution is -2.28. The predicted octanol–water partition coefficient (Wildman–Crippen LogP) is 3.25. The molecular weight excluding hydrogens is 381 g/mol. The van der Waals surface area contributed by atoms with Crippen molar-refractivity contribution >= 4 is 26.8 Å². The highest BCUT2D eigenvalue weighted by molar-refractivity contribution is 7.89. The van der Waals surface area contributed by atoms with Crippen molar-refractivity contribution in [3.8, 4) is 11.1 Å². The number of aromatic nitrogens is 1. The minimum Gasteiger partial charge on any atom is -0.370 e. The molecule has 0 fully saturated rings. The van der Waals surface area contributed by atoms with Crippen LogP contribution in [0.3, 0.4) is 0 Å². The van der Waals surface area contributed by atoms with Crippen LogP contribution in [0, 0.1) is 5.82 Å². The van der Waals surface area contributed by atoms with Gasteiger partial charge in [0.05, 0.1) is 4.90 Å². The molecule has 0 bridgehead atoms. The SMILES string of the molecule is CC(C)c1cc(-c2c[nH]c3cc(F)ccc23)ccc1S(=O)(=O)NCCC(N)=O.